The zero-order valence-electron chi connectivity index (χ0n) is 10.00. The van der Waals surface area contributed by atoms with Gasteiger partial charge in [-0.15, -0.1) is 0 Å². The molecule has 3 rings (SSSR count). The van der Waals surface area contributed by atoms with E-state index in [0.717, 1.165) is 17.1 Å². The first-order chi connectivity index (χ1) is 8.72. The average molecular weight is 246 g/mol. The number of aromatic hydroxyl groups is 1. The second-order valence-electron chi connectivity index (χ2n) is 4.30. The molecule has 0 fully saturated rings. The van der Waals surface area contributed by atoms with E-state index in [1.807, 2.05) is 13.1 Å². The Hall–Kier alpha value is -2.08. The van der Waals surface area contributed by atoms with Gasteiger partial charge in [-0.2, -0.15) is 5.10 Å². The number of ether oxygens (including phenoxy) is 1. The SMILES string of the molecule is Cn1cnc(CNC2COc3cc(O)ccc32)n1. The smallest absolute Gasteiger partial charge is 0.164 e. The number of benzene rings is 1. The Kier molecular flexibility index (Phi) is 2.64. The summed E-state index contributed by atoms with van der Waals surface area (Å²) in [7, 11) is 1.84. The maximum Gasteiger partial charge on any atom is 0.164 e. The fourth-order valence-corrected chi connectivity index (χ4v) is 2.05. The summed E-state index contributed by atoms with van der Waals surface area (Å²) in [6.07, 6.45) is 1.67. The normalized spacial score (nSPS) is 17.5. The molecule has 2 aromatic rings. The number of fused-ring (bicyclic) bond motifs is 1. The maximum absolute atomic E-state index is 9.37. The van der Waals surface area contributed by atoms with Crippen molar-refractivity contribution in [3.8, 4) is 11.5 Å². The van der Waals surface area contributed by atoms with Gasteiger partial charge in [0.1, 0.15) is 24.4 Å². The predicted octanol–water partition coefficient (Wildman–Crippen LogP) is 0.744. The fraction of sp³-hybridized carbons (Fsp3) is 0.333. The average Bonchev–Trinajstić information content (AvgIpc) is 2.92. The van der Waals surface area contributed by atoms with Crippen LogP contribution in [0.4, 0.5) is 0 Å². The molecule has 1 aliphatic rings. The molecule has 0 saturated carbocycles. The molecule has 0 aliphatic carbocycles. The Morgan fingerprint density at radius 3 is 3.22 bits per heavy atom. The highest BCUT2D eigenvalue weighted by atomic mass is 16.5. The Labute approximate surface area is 104 Å². The van der Waals surface area contributed by atoms with Crippen LogP contribution in [-0.4, -0.2) is 26.5 Å². The van der Waals surface area contributed by atoms with Crippen molar-refractivity contribution in [1.82, 2.24) is 20.1 Å². The molecule has 1 aliphatic heterocycles. The number of nitrogens with zero attached hydrogens (tertiary/aromatic N) is 3. The third-order valence-electron chi connectivity index (χ3n) is 2.93. The van der Waals surface area contributed by atoms with Crippen molar-refractivity contribution in [2.45, 2.75) is 12.6 Å². The van der Waals surface area contributed by atoms with Crippen LogP contribution in [0.3, 0.4) is 0 Å². The van der Waals surface area contributed by atoms with Crippen LogP contribution in [0, 0.1) is 0 Å². The molecule has 6 nitrogen and oxygen atoms in total. The van der Waals surface area contributed by atoms with E-state index in [9.17, 15) is 5.11 Å². The van der Waals surface area contributed by atoms with Crippen LogP contribution in [0.1, 0.15) is 17.4 Å². The minimum atomic E-state index is 0.115. The molecule has 0 radical (unpaired) electrons. The largest absolute Gasteiger partial charge is 0.508 e. The first kappa shape index (κ1) is 11.0. The lowest BCUT2D eigenvalue weighted by Crippen LogP contribution is -2.22. The van der Waals surface area contributed by atoms with Gasteiger partial charge in [-0.05, 0) is 12.1 Å². The first-order valence-electron chi connectivity index (χ1n) is 5.76. The third kappa shape index (κ3) is 2.02. The number of phenols is 1. The summed E-state index contributed by atoms with van der Waals surface area (Å²) in [4.78, 5) is 4.16. The van der Waals surface area contributed by atoms with Gasteiger partial charge in [0.15, 0.2) is 5.82 Å². The van der Waals surface area contributed by atoms with Gasteiger partial charge in [0, 0.05) is 18.7 Å². The molecule has 1 atom stereocenters. The van der Waals surface area contributed by atoms with Gasteiger partial charge in [-0.1, -0.05) is 0 Å². The van der Waals surface area contributed by atoms with Gasteiger partial charge in [0.05, 0.1) is 12.6 Å². The van der Waals surface area contributed by atoms with Crippen molar-refractivity contribution in [3.05, 3.63) is 35.9 Å². The highest BCUT2D eigenvalue weighted by Crippen LogP contribution is 2.34. The minimum Gasteiger partial charge on any atom is -0.508 e. The molecule has 0 saturated heterocycles. The van der Waals surface area contributed by atoms with Gasteiger partial charge < -0.3 is 9.84 Å². The fourth-order valence-electron chi connectivity index (χ4n) is 2.05. The van der Waals surface area contributed by atoms with E-state index in [1.165, 1.54) is 0 Å². The number of rotatable bonds is 3. The molecule has 2 N–H and O–H groups in total. The van der Waals surface area contributed by atoms with E-state index in [4.69, 9.17) is 4.74 Å². The second-order valence-corrected chi connectivity index (χ2v) is 4.30. The monoisotopic (exact) mass is 246 g/mol. The molecule has 0 amide bonds. The standard InChI is InChI=1S/C12H14N4O2/c1-16-7-14-12(15-16)5-13-10-6-18-11-4-8(17)2-3-9(10)11/h2-4,7,10,13,17H,5-6H2,1H3. The Morgan fingerprint density at radius 1 is 1.56 bits per heavy atom. The molecule has 1 unspecified atom stereocenters. The molecule has 1 aromatic carbocycles. The summed E-state index contributed by atoms with van der Waals surface area (Å²) in [5, 5.41) is 16.9. The highest BCUT2D eigenvalue weighted by molar-refractivity contribution is 5.44. The van der Waals surface area contributed by atoms with Crippen LogP contribution < -0.4 is 10.1 Å². The molecule has 94 valence electrons. The summed E-state index contributed by atoms with van der Waals surface area (Å²) < 4.78 is 7.19. The Bertz CT molecular complexity index is 567. The summed E-state index contributed by atoms with van der Waals surface area (Å²) in [5.74, 6) is 1.71. The molecule has 0 spiro atoms. The van der Waals surface area contributed by atoms with E-state index in [2.05, 4.69) is 15.4 Å². The Morgan fingerprint density at radius 2 is 2.44 bits per heavy atom. The van der Waals surface area contributed by atoms with Crippen LogP contribution in [0.25, 0.3) is 0 Å². The molecule has 1 aromatic heterocycles. The highest BCUT2D eigenvalue weighted by Gasteiger charge is 2.24. The van der Waals surface area contributed by atoms with Gasteiger partial charge in [-0.25, -0.2) is 4.98 Å². The number of aromatic nitrogens is 3. The van der Waals surface area contributed by atoms with Crippen molar-refractivity contribution in [2.24, 2.45) is 7.05 Å². The van der Waals surface area contributed by atoms with Crippen molar-refractivity contribution in [2.75, 3.05) is 6.61 Å². The summed E-state index contributed by atoms with van der Waals surface area (Å²) in [6, 6.07) is 5.29. The van der Waals surface area contributed by atoms with Crippen molar-refractivity contribution >= 4 is 0 Å². The molecular formula is C12H14N4O2. The molecule has 18 heavy (non-hydrogen) atoms. The number of nitrogens with one attached hydrogen (secondary N) is 1. The number of aryl methyl sites for hydroxylation is 1. The van der Waals surface area contributed by atoms with E-state index in [1.54, 1.807) is 23.1 Å². The lowest BCUT2D eigenvalue weighted by Gasteiger charge is -2.09. The van der Waals surface area contributed by atoms with Crippen molar-refractivity contribution in [3.63, 3.8) is 0 Å². The third-order valence-corrected chi connectivity index (χ3v) is 2.93. The zero-order chi connectivity index (χ0) is 12.5. The van der Waals surface area contributed by atoms with Gasteiger partial charge in [-0.3, -0.25) is 10.00 Å². The van der Waals surface area contributed by atoms with Crippen LogP contribution in [0.15, 0.2) is 24.5 Å². The van der Waals surface area contributed by atoms with E-state index in [0.29, 0.717) is 13.2 Å². The van der Waals surface area contributed by atoms with Crippen LogP contribution in [-0.2, 0) is 13.6 Å². The number of hydrogen-bond acceptors (Lipinski definition) is 5. The lowest BCUT2D eigenvalue weighted by atomic mass is 10.1. The van der Waals surface area contributed by atoms with E-state index < -0.39 is 0 Å². The van der Waals surface area contributed by atoms with Gasteiger partial charge >= 0.3 is 0 Å². The van der Waals surface area contributed by atoms with Crippen LogP contribution in [0.2, 0.25) is 0 Å². The molecule has 2 heterocycles. The number of hydrogen-bond donors (Lipinski definition) is 2. The van der Waals surface area contributed by atoms with Crippen molar-refractivity contribution in [1.29, 1.82) is 0 Å². The molecular weight excluding hydrogens is 232 g/mol. The van der Waals surface area contributed by atoms with E-state index >= 15 is 0 Å². The van der Waals surface area contributed by atoms with Crippen LogP contribution in [0.5, 0.6) is 11.5 Å². The lowest BCUT2D eigenvalue weighted by molar-refractivity contribution is 0.308. The topological polar surface area (TPSA) is 72.2 Å². The molecule has 6 heteroatoms. The predicted molar refractivity (Wildman–Crippen MR) is 64.2 cm³/mol. The van der Waals surface area contributed by atoms with Crippen LogP contribution >= 0.6 is 0 Å². The maximum atomic E-state index is 9.37. The molecule has 0 bridgehead atoms. The second kappa shape index (κ2) is 4.30. The first-order valence-corrected chi connectivity index (χ1v) is 5.76. The van der Waals surface area contributed by atoms with Crippen molar-refractivity contribution < 1.29 is 9.84 Å². The zero-order valence-corrected chi connectivity index (χ0v) is 10.00. The van der Waals surface area contributed by atoms with E-state index in [-0.39, 0.29) is 11.8 Å². The minimum absolute atomic E-state index is 0.115. The Balaban J connectivity index is 1.69. The number of phenolic OH excluding ortho intramolecular Hbond substituents is 1. The van der Waals surface area contributed by atoms with Gasteiger partial charge in [0.25, 0.3) is 0 Å². The summed E-state index contributed by atoms with van der Waals surface area (Å²) in [6.45, 7) is 1.15. The van der Waals surface area contributed by atoms with Gasteiger partial charge in [0.2, 0.25) is 0 Å². The quantitative estimate of drug-likeness (QED) is 0.836. The summed E-state index contributed by atoms with van der Waals surface area (Å²) in [5.41, 5.74) is 1.06. The summed E-state index contributed by atoms with van der Waals surface area (Å²) >= 11 is 0.